The summed E-state index contributed by atoms with van der Waals surface area (Å²) in [6.07, 6.45) is 2.61. The summed E-state index contributed by atoms with van der Waals surface area (Å²) < 4.78 is 10.8. The maximum absolute atomic E-state index is 12.7. The van der Waals surface area contributed by atoms with E-state index in [0.717, 1.165) is 24.0 Å². The molecule has 1 aliphatic rings. The van der Waals surface area contributed by atoms with Gasteiger partial charge in [0.05, 0.1) is 20.3 Å². The maximum Gasteiger partial charge on any atom is 0.242 e. The number of hydrogen-bond acceptors (Lipinski definition) is 6. The van der Waals surface area contributed by atoms with Crippen LogP contribution < -0.4 is 25.8 Å². The van der Waals surface area contributed by atoms with Crippen molar-refractivity contribution in [3.05, 3.63) is 53.1 Å². The second-order valence-electron chi connectivity index (χ2n) is 8.13. The van der Waals surface area contributed by atoms with Crippen LogP contribution in [0.15, 0.2) is 36.4 Å². The van der Waals surface area contributed by atoms with Gasteiger partial charge < -0.3 is 30.9 Å². The van der Waals surface area contributed by atoms with E-state index in [4.69, 9.17) is 15.2 Å². The van der Waals surface area contributed by atoms with Crippen LogP contribution in [0.1, 0.15) is 30.0 Å². The largest absolute Gasteiger partial charge is 0.508 e. The van der Waals surface area contributed by atoms with E-state index < -0.39 is 18.0 Å². The fourth-order valence-corrected chi connectivity index (χ4v) is 3.90. The van der Waals surface area contributed by atoms with E-state index in [0.29, 0.717) is 24.3 Å². The lowest BCUT2D eigenvalue weighted by molar-refractivity contribution is -0.129. The Morgan fingerprint density at radius 1 is 1.09 bits per heavy atom. The molecule has 0 bridgehead atoms. The lowest BCUT2D eigenvalue weighted by atomic mass is 9.87. The maximum atomic E-state index is 12.7. The third-order valence-electron chi connectivity index (χ3n) is 5.76. The number of halogens is 1. The first kappa shape index (κ1) is 26.3. The van der Waals surface area contributed by atoms with Crippen LogP contribution in [0.2, 0.25) is 0 Å². The summed E-state index contributed by atoms with van der Waals surface area (Å²) in [5, 5.41) is 15.1. The second-order valence-corrected chi connectivity index (χ2v) is 8.13. The summed E-state index contributed by atoms with van der Waals surface area (Å²) in [5.41, 5.74) is 9.13. The number of amides is 2. The molecule has 0 radical (unpaired) electrons. The van der Waals surface area contributed by atoms with E-state index >= 15 is 0 Å². The highest BCUT2D eigenvalue weighted by atomic mass is 35.5. The van der Waals surface area contributed by atoms with Crippen LogP contribution in [-0.4, -0.2) is 49.3 Å². The fourth-order valence-electron chi connectivity index (χ4n) is 3.90. The third-order valence-corrected chi connectivity index (χ3v) is 5.76. The first-order valence-corrected chi connectivity index (χ1v) is 10.7. The van der Waals surface area contributed by atoms with E-state index in [-0.39, 0.29) is 30.1 Å². The number of aromatic hydroxyl groups is 1. The van der Waals surface area contributed by atoms with Crippen molar-refractivity contribution in [1.82, 2.24) is 10.6 Å². The van der Waals surface area contributed by atoms with Gasteiger partial charge in [-0.2, -0.15) is 0 Å². The predicted molar refractivity (Wildman–Crippen MR) is 128 cm³/mol. The number of methoxy groups -OCH3 is 2. The smallest absolute Gasteiger partial charge is 0.242 e. The van der Waals surface area contributed by atoms with E-state index in [2.05, 4.69) is 10.6 Å². The van der Waals surface area contributed by atoms with Crippen molar-refractivity contribution < 1.29 is 24.2 Å². The van der Waals surface area contributed by atoms with Gasteiger partial charge in [-0.25, -0.2) is 0 Å². The summed E-state index contributed by atoms with van der Waals surface area (Å²) in [4.78, 5) is 25.1. The SMILES string of the molecule is COc1cc2c(cc1OC)CC(NC(=O)[C@H](C)NC(=O)[C@@H](N)Cc1ccc(O)cc1)CC2.Cl. The zero-order chi connectivity index (χ0) is 23.3. The van der Waals surface area contributed by atoms with Crippen LogP contribution in [0.4, 0.5) is 0 Å². The number of aryl methyl sites for hydroxylation is 1. The Labute approximate surface area is 200 Å². The summed E-state index contributed by atoms with van der Waals surface area (Å²) in [6, 6.07) is 8.93. The number of phenolic OH excluding ortho intramolecular Hbond substituents is 1. The van der Waals surface area contributed by atoms with Crippen LogP contribution in [0.25, 0.3) is 0 Å². The summed E-state index contributed by atoms with van der Waals surface area (Å²) >= 11 is 0. The van der Waals surface area contributed by atoms with E-state index in [1.54, 1.807) is 45.4 Å². The molecule has 3 rings (SSSR count). The minimum Gasteiger partial charge on any atom is -0.508 e. The molecular weight excluding hydrogens is 446 g/mol. The van der Waals surface area contributed by atoms with Gasteiger partial charge in [-0.05, 0) is 73.6 Å². The van der Waals surface area contributed by atoms with Gasteiger partial charge >= 0.3 is 0 Å². The van der Waals surface area contributed by atoms with Gasteiger partial charge in [0.2, 0.25) is 11.8 Å². The molecule has 1 unspecified atom stereocenters. The molecule has 0 heterocycles. The van der Waals surface area contributed by atoms with Crippen molar-refractivity contribution >= 4 is 24.2 Å². The Balaban J connectivity index is 0.00000385. The number of nitrogens with two attached hydrogens (primary N) is 1. The van der Waals surface area contributed by atoms with Crippen LogP contribution in [0, 0.1) is 0 Å². The molecule has 0 aliphatic heterocycles. The molecular formula is C24H32ClN3O5. The topological polar surface area (TPSA) is 123 Å². The highest BCUT2D eigenvalue weighted by Crippen LogP contribution is 2.34. The first-order valence-electron chi connectivity index (χ1n) is 10.7. The van der Waals surface area contributed by atoms with E-state index in [9.17, 15) is 14.7 Å². The molecule has 3 atom stereocenters. The Bertz CT molecular complexity index is 967. The number of phenols is 1. The first-order chi connectivity index (χ1) is 15.3. The molecule has 2 aromatic carbocycles. The lowest BCUT2D eigenvalue weighted by Gasteiger charge is -2.28. The quantitative estimate of drug-likeness (QED) is 0.460. The standard InChI is InChI=1S/C24H31N3O5.ClH/c1-14(26-24(30)20(25)10-15-4-8-19(28)9-5-15)23(29)27-18-7-6-16-12-21(31-2)22(32-3)13-17(16)11-18;/h4-5,8-9,12-14,18,20,28H,6-7,10-11,25H2,1-3H3,(H,26,30)(H,27,29);1H/t14-,18?,20-;/m0./s1. The van der Waals surface area contributed by atoms with Crippen molar-refractivity contribution in [1.29, 1.82) is 0 Å². The van der Waals surface area contributed by atoms with Crippen LogP contribution in [-0.2, 0) is 28.9 Å². The monoisotopic (exact) mass is 477 g/mol. The Morgan fingerprint density at radius 2 is 1.70 bits per heavy atom. The van der Waals surface area contributed by atoms with Gasteiger partial charge in [-0.3, -0.25) is 9.59 Å². The average Bonchev–Trinajstić information content (AvgIpc) is 2.79. The number of hydrogen-bond donors (Lipinski definition) is 4. The zero-order valence-corrected chi connectivity index (χ0v) is 19.9. The molecule has 0 aromatic heterocycles. The Morgan fingerprint density at radius 3 is 2.30 bits per heavy atom. The molecule has 180 valence electrons. The summed E-state index contributed by atoms with van der Waals surface area (Å²) in [6.45, 7) is 1.64. The van der Waals surface area contributed by atoms with Crippen molar-refractivity contribution in [3.63, 3.8) is 0 Å². The van der Waals surface area contributed by atoms with Crippen molar-refractivity contribution in [2.75, 3.05) is 14.2 Å². The van der Waals surface area contributed by atoms with Gasteiger partial charge in [-0.15, -0.1) is 12.4 Å². The molecule has 1 aliphatic carbocycles. The minimum atomic E-state index is -0.793. The molecule has 2 amide bonds. The van der Waals surface area contributed by atoms with Crippen LogP contribution >= 0.6 is 12.4 Å². The predicted octanol–water partition coefficient (Wildman–Crippen LogP) is 1.88. The van der Waals surface area contributed by atoms with E-state index in [1.807, 2.05) is 12.1 Å². The molecule has 2 aromatic rings. The zero-order valence-electron chi connectivity index (χ0n) is 19.1. The number of benzene rings is 2. The summed E-state index contributed by atoms with van der Waals surface area (Å²) in [5.74, 6) is 0.880. The van der Waals surface area contributed by atoms with Crippen LogP contribution in [0.3, 0.4) is 0 Å². The molecule has 33 heavy (non-hydrogen) atoms. The molecule has 9 heteroatoms. The molecule has 0 fully saturated rings. The third kappa shape index (κ3) is 6.76. The minimum absolute atomic E-state index is 0. The molecule has 0 saturated heterocycles. The summed E-state index contributed by atoms with van der Waals surface area (Å²) in [7, 11) is 3.21. The van der Waals surface area contributed by atoms with Crippen molar-refractivity contribution in [2.24, 2.45) is 5.73 Å². The van der Waals surface area contributed by atoms with Gasteiger partial charge in [0.1, 0.15) is 11.8 Å². The Kier molecular flexibility index (Phi) is 9.37. The molecule has 8 nitrogen and oxygen atoms in total. The lowest BCUT2D eigenvalue weighted by Crippen LogP contribution is -2.53. The Hall–Kier alpha value is -2.97. The number of ether oxygens (including phenoxy) is 2. The van der Waals surface area contributed by atoms with Crippen molar-refractivity contribution in [2.45, 2.75) is 50.7 Å². The number of carbonyl (C=O) groups is 2. The van der Waals surface area contributed by atoms with Crippen LogP contribution in [0.5, 0.6) is 17.2 Å². The molecule has 5 N–H and O–H groups in total. The van der Waals surface area contributed by atoms with E-state index in [1.165, 1.54) is 5.56 Å². The molecule has 0 saturated carbocycles. The highest BCUT2D eigenvalue weighted by molar-refractivity contribution is 5.89. The highest BCUT2D eigenvalue weighted by Gasteiger charge is 2.26. The van der Waals surface area contributed by atoms with Gasteiger partial charge in [0.25, 0.3) is 0 Å². The molecule has 0 spiro atoms. The normalized spacial score (nSPS) is 16.4. The number of fused-ring (bicyclic) bond motifs is 1. The average molecular weight is 478 g/mol. The number of carbonyl (C=O) groups excluding carboxylic acids is 2. The van der Waals surface area contributed by atoms with Gasteiger partial charge in [0, 0.05) is 6.04 Å². The number of nitrogens with one attached hydrogen (secondary N) is 2. The second kappa shape index (κ2) is 11.8. The van der Waals surface area contributed by atoms with Gasteiger partial charge in [-0.1, -0.05) is 12.1 Å². The van der Waals surface area contributed by atoms with Gasteiger partial charge in [0.15, 0.2) is 11.5 Å². The fraction of sp³-hybridized carbons (Fsp3) is 0.417. The number of rotatable bonds is 8. The van der Waals surface area contributed by atoms with Crippen molar-refractivity contribution in [3.8, 4) is 17.2 Å².